The molecule has 0 aliphatic rings. The summed E-state index contributed by atoms with van der Waals surface area (Å²) in [4.78, 5) is 5.28. The second-order valence-corrected chi connectivity index (χ2v) is 6.32. The van der Waals surface area contributed by atoms with Crippen LogP contribution in [-0.4, -0.2) is 51.9 Å². The maximum Gasteiger partial charge on any atom is 0.0908 e. The van der Waals surface area contributed by atoms with Crippen LogP contribution in [0.5, 0.6) is 0 Å². The van der Waals surface area contributed by atoms with Gasteiger partial charge in [0.05, 0.1) is 5.66 Å². The quantitative estimate of drug-likeness (QED) is 0.444. The van der Waals surface area contributed by atoms with Crippen molar-refractivity contribution >= 4 is 10.2 Å². The molecule has 0 amide bonds. The smallest absolute Gasteiger partial charge is 0.0908 e. The van der Waals surface area contributed by atoms with E-state index >= 15 is 0 Å². The van der Waals surface area contributed by atoms with Crippen molar-refractivity contribution in [3.8, 4) is 0 Å². The first-order valence-corrected chi connectivity index (χ1v) is 8.70. The first-order chi connectivity index (χ1) is 8.54. The third-order valence-corrected chi connectivity index (χ3v) is 4.77. The zero-order valence-electron chi connectivity index (χ0n) is 13.6. The van der Waals surface area contributed by atoms with Gasteiger partial charge in [-0.05, 0) is 45.4 Å². The van der Waals surface area contributed by atoms with E-state index in [1.165, 1.54) is 31.1 Å². The molecule has 0 fully saturated rings. The van der Waals surface area contributed by atoms with E-state index in [4.69, 9.17) is 0 Å². The van der Waals surface area contributed by atoms with Gasteiger partial charge in [0.25, 0.3) is 0 Å². The Kier molecular flexibility index (Phi) is 8.83. The molecule has 0 radical (unpaired) electrons. The van der Waals surface area contributed by atoms with Crippen LogP contribution in [0.15, 0.2) is 11.8 Å². The molecule has 0 spiro atoms. The summed E-state index contributed by atoms with van der Waals surface area (Å²) in [6.45, 7) is 20.4. The Bertz CT molecular complexity index is 227. The summed E-state index contributed by atoms with van der Waals surface area (Å²) in [7, 11) is 1.08. The van der Waals surface area contributed by atoms with E-state index in [2.05, 4.69) is 51.0 Å². The van der Waals surface area contributed by atoms with E-state index in [1.54, 1.807) is 0 Å². The van der Waals surface area contributed by atoms with Crippen LogP contribution in [0.25, 0.3) is 0 Å². The minimum absolute atomic E-state index is 0.113. The van der Waals surface area contributed by atoms with Crippen LogP contribution in [0.2, 0.25) is 0 Å². The lowest BCUT2D eigenvalue weighted by Gasteiger charge is -2.51. The minimum Gasteiger partial charge on any atom is -0.282 e. The predicted molar refractivity (Wildman–Crippen MR) is 87.2 cm³/mol. The van der Waals surface area contributed by atoms with Crippen LogP contribution in [0.1, 0.15) is 53.9 Å². The van der Waals surface area contributed by atoms with Crippen molar-refractivity contribution in [2.24, 2.45) is 0 Å². The molecule has 0 atom stereocenters. The third kappa shape index (κ3) is 3.69. The number of hydrogen-bond acceptors (Lipinski definition) is 2. The summed E-state index contributed by atoms with van der Waals surface area (Å²) in [6, 6.07) is 0. The number of rotatable bonds is 10. The van der Waals surface area contributed by atoms with E-state index in [1.807, 2.05) is 0 Å². The Labute approximate surface area is 118 Å². The second-order valence-electron chi connectivity index (χ2n) is 5.11. The van der Waals surface area contributed by atoms with Gasteiger partial charge in [-0.2, -0.15) is 0 Å². The van der Waals surface area contributed by atoms with Crippen molar-refractivity contribution in [3.63, 3.8) is 0 Å². The number of nitrogens with zero attached hydrogens (tertiary/aromatic N) is 2. The highest BCUT2D eigenvalue weighted by Gasteiger charge is 2.39. The molecule has 0 saturated heterocycles. The van der Waals surface area contributed by atoms with Crippen molar-refractivity contribution in [2.75, 3.05) is 26.2 Å². The minimum atomic E-state index is 0.113. The van der Waals surface area contributed by atoms with Gasteiger partial charge >= 0.3 is 0 Å². The molecule has 18 heavy (non-hydrogen) atoms. The van der Waals surface area contributed by atoms with Gasteiger partial charge in [-0.3, -0.25) is 9.80 Å². The summed E-state index contributed by atoms with van der Waals surface area (Å²) in [5.41, 5.74) is 0.113. The van der Waals surface area contributed by atoms with E-state index in [-0.39, 0.29) is 5.66 Å². The topological polar surface area (TPSA) is 6.48 Å². The van der Waals surface area contributed by atoms with Crippen LogP contribution in [0.3, 0.4) is 0 Å². The third-order valence-electron chi connectivity index (χ3n) is 3.97. The van der Waals surface area contributed by atoms with Gasteiger partial charge in [-0.15, -0.1) is 6.58 Å². The van der Waals surface area contributed by atoms with E-state index in [0.717, 1.165) is 29.8 Å². The zero-order valence-corrected chi connectivity index (χ0v) is 15.6. The molecule has 0 bridgehead atoms. The Morgan fingerprint density at radius 1 is 0.944 bits per heavy atom. The first-order valence-electron chi connectivity index (χ1n) is 7.70. The van der Waals surface area contributed by atoms with Gasteiger partial charge < -0.3 is 0 Å². The average molecular weight is 271 g/mol. The molecule has 0 aliphatic heterocycles. The molecule has 108 valence electrons. The molecule has 3 heteroatoms. The Morgan fingerprint density at radius 3 is 1.50 bits per heavy atom. The van der Waals surface area contributed by atoms with Gasteiger partial charge in [-0.25, -0.2) is 0 Å². The molecule has 0 aromatic rings. The fraction of sp³-hybridized carbons (Fsp3) is 0.867. The number of hydrogen-bond donors (Lipinski definition) is 0. The van der Waals surface area contributed by atoms with Crippen molar-refractivity contribution in [2.45, 2.75) is 59.5 Å². The highest BCUT2D eigenvalue weighted by Crippen LogP contribution is 2.30. The SMILES string of the molecule is C=C([SiH3])C(CC)(N(CC)CCC)N(CC)CCC. The standard InChI is InChI=1S/C15H34N2Si/c1-7-12-16(10-4)15(9-3,14(6)18)17(11-5)13-8-2/h6-13H2,1-5,18H3. The maximum absolute atomic E-state index is 4.38. The fourth-order valence-corrected chi connectivity index (χ4v) is 4.22. The summed E-state index contributed by atoms with van der Waals surface area (Å²) >= 11 is 0. The molecule has 0 aromatic heterocycles. The van der Waals surface area contributed by atoms with Gasteiger partial charge in [-0.1, -0.05) is 39.8 Å². The van der Waals surface area contributed by atoms with Crippen molar-refractivity contribution < 1.29 is 0 Å². The predicted octanol–water partition coefficient (Wildman–Crippen LogP) is 2.44. The molecule has 2 nitrogen and oxygen atoms in total. The van der Waals surface area contributed by atoms with Gasteiger partial charge in [0, 0.05) is 10.2 Å². The van der Waals surface area contributed by atoms with Crippen LogP contribution in [0, 0.1) is 0 Å². The van der Waals surface area contributed by atoms with E-state index in [9.17, 15) is 0 Å². The highest BCUT2D eigenvalue weighted by molar-refractivity contribution is 6.22. The molecule has 0 N–H and O–H groups in total. The van der Waals surface area contributed by atoms with Gasteiger partial charge in [0.1, 0.15) is 0 Å². The summed E-state index contributed by atoms with van der Waals surface area (Å²) in [6.07, 6.45) is 3.58. The van der Waals surface area contributed by atoms with Crippen LogP contribution in [0.4, 0.5) is 0 Å². The molecular formula is C15H34N2Si. The molecular weight excluding hydrogens is 236 g/mol. The molecule has 0 aliphatic carbocycles. The first kappa shape index (κ1) is 17.9. The van der Waals surface area contributed by atoms with Crippen molar-refractivity contribution in [3.05, 3.63) is 11.8 Å². The Morgan fingerprint density at radius 2 is 1.33 bits per heavy atom. The molecule has 0 rings (SSSR count). The summed E-state index contributed by atoms with van der Waals surface area (Å²) in [5.74, 6) is 0. The highest BCUT2D eigenvalue weighted by atomic mass is 28.1. The normalized spacial score (nSPS) is 12.6. The number of likely N-dealkylation sites (N-methyl/N-ethyl adjacent to an activating group) is 2. The lowest BCUT2D eigenvalue weighted by atomic mass is 10.0. The molecule has 0 saturated carbocycles. The van der Waals surface area contributed by atoms with E-state index in [0.29, 0.717) is 0 Å². The molecule has 0 heterocycles. The monoisotopic (exact) mass is 270 g/mol. The van der Waals surface area contributed by atoms with E-state index < -0.39 is 0 Å². The summed E-state index contributed by atoms with van der Waals surface area (Å²) in [5, 5.41) is 1.43. The maximum atomic E-state index is 4.38. The molecule has 0 aromatic carbocycles. The van der Waals surface area contributed by atoms with Crippen LogP contribution in [-0.2, 0) is 0 Å². The lowest BCUT2D eigenvalue weighted by Crippen LogP contribution is -2.61. The zero-order chi connectivity index (χ0) is 14.2. The Balaban J connectivity index is 5.41. The fourth-order valence-electron chi connectivity index (χ4n) is 3.24. The second kappa shape index (κ2) is 8.89. The largest absolute Gasteiger partial charge is 0.282 e. The summed E-state index contributed by atoms with van der Waals surface area (Å²) < 4.78 is 0. The van der Waals surface area contributed by atoms with Gasteiger partial charge in [0.15, 0.2) is 0 Å². The van der Waals surface area contributed by atoms with Crippen molar-refractivity contribution in [1.82, 2.24) is 9.80 Å². The average Bonchev–Trinajstić information content (AvgIpc) is 2.36. The van der Waals surface area contributed by atoms with Crippen LogP contribution < -0.4 is 0 Å². The molecule has 0 unspecified atom stereocenters. The lowest BCUT2D eigenvalue weighted by molar-refractivity contribution is -0.0239. The Hall–Kier alpha value is -0.123. The van der Waals surface area contributed by atoms with Crippen LogP contribution >= 0.6 is 0 Å². The van der Waals surface area contributed by atoms with Crippen molar-refractivity contribution in [1.29, 1.82) is 0 Å². The van der Waals surface area contributed by atoms with Gasteiger partial charge in [0.2, 0.25) is 0 Å².